The lowest BCUT2D eigenvalue weighted by atomic mass is 9.98. The molecule has 2 N–H and O–H groups in total. The van der Waals surface area contributed by atoms with Crippen molar-refractivity contribution in [2.24, 2.45) is 0 Å². The molecule has 1 heterocycles. The van der Waals surface area contributed by atoms with Crippen LogP contribution in [-0.2, 0) is 4.79 Å². The second kappa shape index (κ2) is 14.8. The van der Waals surface area contributed by atoms with Crippen LogP contribution in [0.5, 0.6) is 17.2 Å². The van der Waals surface area contributed by atoms with Crippen molar-refractivity contribution in [2.45, 2.75) is 31.7 Å². The molecule has 0 bridgehead atoms. The molecule has 1 atom stereocenters. The van der Waals surface area contributed by atoms with E-state index in [0.717, 1.165) is 41.0 Å². The number of piperidine rings is 1. The van der Waals surface area contributed by atoms with Gasteiger partial charge in [0.05, 0.1) is 18.0 Å². The van der Waals surface area contributed by atoms with Gasteiger partial charge in [-0.15, -0.1) is 0 Å². The van der Waals surface area contributed by atoms with E-state index >= 15 is 0 Å². The maximum Gasteiger partial charge on any atom is 0.305 e. The predicted octanol–water partition coefficient (Wildman–Crippen LogP) is 7.72. The molecular formula is C35H35BrN2O5. The molecule has 8 heteroatoms. The monoisotopic (exact) mass is 642 g/mol. The van der Waals surface area contributed by atoms with E-state index < -0.39 is 17.9 Å². The fourth-order valence-electron chi connectivity index (χ4n) is 5.24. The summed E-state index contributed by atoms with van der Waals surface area (Å²) in [5, 5.41) is 12.6. The van der Waals surface area contributed by atoms with E-state index in [-0.39, 0.29) is 6.42 Å². The number of carbonyl (C=O) groups is 2. The van der Waals surface area contributed by atoms with Gasteiger partial charge in [-0.3, -0.25) is 14.5 Å². The number of carboxylic acid groups (broad SMARTS) is 1. The first-order chi connectivity index (χ1) is 21.0. The van der Waals surface area contributed by atoms with Crippen molar-refractivity contribution < 1.29 is 24.2 Å². The van der Waals surface area contributed by atoms with E-state index in [2.05, 4.69) is 26.1 Å². The van der Waals surface area contributed by atoms with Crippen molar-refractivity contribution in [1.82, 2.24) is 10.2 Å². The molecule has 0 aliphatic carbocycles. The topological polar surface area (TPSA) is 88.1 Å². The Kier molecular flexibility index (Phi) is 10.5. The van der Waals surface area contributed by atoms with Crippen LogP contribution >= 0.6 is 15.9 Å². The van der Waals surface area contributed by atoms with Crippen molar-refractivity contribution in [1.29, 1.82) is 0 Å². The minimum atomic E-state index is -1.01. The number of hydrogen-bond donors (Lipinski definition) is 2. The van der Waals surface area contributed by atoms with Gasteiger partial charge in [-0.2, -0.15) is 0 Å². The Balaban J connectivity index is 1.31. The lowest BCUT2D eigenvalue weighted by molar-refractivity contribution is -0.137. The number of carbonyl (C=O) groups excluding carboxylic acids is 1. The number of halogens is 1. The molecule has 1 aliphatic rings. The van der Waals surface area contributed by atoms with Crippen molar-refractivity contribution >= 4 is 27.8 Å². The number of ether oxygens (including phenoxy) is 2. The normalized spacial score (nSPS) is 14.1. The minimum Gasteiger partial charge on any atom is -0.491 e. The number of benzene rings is 4. The fraction of sp³-hybridized carbons (Fsp3) is 0.257. The Bertz CT molecular complexity index is 1520. The number of aliphatic carboxylic acids is 1. The molecule has 1 unspecified atom stereocenters. The predicted molar refractivity (Wildman–Crippen MR) is 171 cm³/mol. The Morgan fingerprint density at radius 2 is 1.58 bits per heavy atom. The van der Waals surface area contributed by atoms with Crippen LogP contribution in [0.1, 0.15) is 47.6 Å². The van der Waals surface area contributed by atoms with Gasteiger partial charge in [0, 0.05) is 16.6 Å². The molecular weight excluding hydrogens is 608 g/mol. The van der Waals surface area contributed by atoms with Gasteiger partial charge in [-0.05, 0) is 73.5 Å². The molecule has 0 radical (unpaired) electrons. The van der Waals surface area contributed by atoms with E-state index in [9.17, 15) is 14.7 Å². The Morgan fingerprint density at radius 3 is 2.33 bits per heavy atom. The molecule has 4 aromatic carbocycles. The average Bonchev–Trinajstić information content (AvgIpc) is 3.02. The molecule has 4 aromatic rings. The second-order valence-electron chi connectivity index (χ2n) is 10.5. The molecule has 43 heavy (non-hydrogen) atoms. The van der Waals surface area contributed by atoms with Crippen LogP contribution in [-0.4, -0.2) is 48.1 Å². The quantitative estimate of drug-likeness (QED) is 0.164. The van der Waals surface area contributed by atoms with Crippen LogP contribution in [0.2, 0.25) is 0 Å². The van der Waals surface area contributed by atoms with Gasteiger partial charge < -0.3 is 19.9 Å². The van der Waals surface area contributed by atoms with Gasteiger partial charge in [-0.25, -0.2) is 0 Å². The number of likely N-dealkylation sites (tertiary alicyclic amines) is 1. The van der Waals surface area contributed by atoms with Crippen LogP contribution < -0.4 is 14.8 Å². The molecule has 222 valence electrons. The number of carboxylic acids is 1. The highest BCUT2D eigenvalue weighted by molar-refractivity contribution is 9.10. The molecule has 0 saturated carbocycles. The molecule has 5 rings (SSSR count). The van der Waals surface area contributed by atoms with Crippen molar-refractivity contribution in [3.63, 3.8) is 0 Å². The lowest BCUT2D eigenvalue weighted by Gasteiger charge is -2.26. The summed E-state index contributed by atoms with van der Waals surface area (Å²) in [4.78, 5) is 27.7. The third kappa shape index (κ3) is 8.46. The Hall–Kier alpha value is -4.14. The second-order valence-corrected chi connectivity index (χ2v) is 11.5. The van der Waals surface area contributed by atoms with E-state index in [1.807, 2.05) is 84.9 Å². The number of hydrogen-bond acceptors (Lipinski definition) is 5. The summed E-state index contributed by atoms with van der Waals surface area (Å²) in [6.45, 7) is 3.40. The van der Waals surface area contributed by atoms with Crippen molar-refractivity contribution in [3.8, 4) is 28.4 Å². The first kappa shape index (κ1) is 30.3. The summed E-state index contributed by atoms with van der Waals surface area (Å²) < 4.78 is 12.9. The first-order valence-electron chi connectivity index (χ1n) is 14.6. The Labute approximate surface area is 260 Å². The maximum atomic E-state index is 13.5. The summed E-state index contributed by atoms with van der Waals surface area (Å²) in [6, 6.07) is 29.4. The highest BCUT2D eigenvalue weighted by Crippen LogP contribution is 2.34. The number of nitrogens with one attached hydrogen (secondary N) is 1. The number of amides is 1. The van der Waals surface area contributed by atoms with Gasteiger partial charge in [0.1, 0.15) is 23.9 Å². The molecule has 1 fully saturated rings. The maximum absolute atomic E-state index is 13.5. The summed E-state index contributed by atoms with van der Waals surface area (Å²) in [7, 11) is 0. The van der Waals surface area contributed by atoms with Gasteiger partial charge in [0.2, 0.25) is 0 Å². The lowest BCUT2D eigenvalue weighted by Crippen LogP contribution is -2.33. The zero-order chi connectivity index (χ0) is 30.0. The van der Waals surface area contributed by atoms with Gasteiger partial charge in [0.25, 0.3) is 5.91 Å². The van der Waals surface area contributed by atoms with Crippen LogP contribution in [0.15, 0.2) is 102 Å². The van der Waals surface area contributed by atoms with E-state index in [1.165, 1.54) is 19.3 Å². The van der Waals surface area contributed by atoms with E-state index in [1.54, 1.807) is 12.1 Å². The molecule has 0 spiro atoms. The van der Waals surface area contributed by atoms with Gasteiger partial charge >= 0.3 is 5.97 Å². The number of rotatable bonds is 12. The van der Waals surface area contributed by atoms with Crippen LogP contribution in [0, 0.1) is 0 Å². The van der Waals surface area contributed by atoms with Crippen LogP contribution in [0.4, 0.5) is 0 Å². The summed E-state index contributed by atoms with van der Waals surface area (Å²) in [6.07, 6.45) is 3.40. The molecule has 1 aliphatic heterocycles. The zero-order valence-corrected chi connectivity index (χ0v) is 25.5. The average molecular weight is 644 g/mol. The number of para-hydroxylation sites is 2. The van der Waals surface area contributed by atoms with Crippen LogP contribution in [0.3, 0.4) is 0 Å². The van der Waals surface area contributed by atoms with Crippen molar-refractivity contribution in [3.05, 3.63) is 113 Å². The van der Waals surface area contributed by atoms with Crippen LogP contribution in [0.25, 0.3) is 11.1 Å². The standard InChI is InChI=1S/C35H35BrN2O5/c36-27-17-18-32(42-22-21-38-19-7-2-8-20-38)30(23-27)35(41)37-31(24-34(39)40)26-15-13-25(14-16-26)29-11-5-6-12-33(29)43-28-9-3-1-4-10-28/h1,3-6,9-18,23,31H,2,7-8,19-22,24H2,(H,37,41)(H,39,40). The Morgan fingerprint density at radius 1 is 0.860 bits per heavy atom. The number of nitrogens with zero attached hydrogens (tertiary/aromatic N) is 1. The van der Waals surface area contributed by atoms with Gasteiger partial charge in [0.15, 0.2) is 0 Å². The smallest absolute Gasteiger partial charge is 0.305 e. The van der Waals surface area contributed by atoms with Crippen molar-refractivity contribution in [2.75, 3.05) is 26.2 Å². The SMILES string of the molecule is O=C(O)CC(NC(=O)c1cc(Br)ccc1OCCN1CCCCC1)c1ccc(-c2ccccc2Oc2ccccc2)cc1. The highest BCUT2D eigenvalue weighted by Gasteiger charge is 2.22. The minimum absolute atomic E-state index is 0.266. The zero-order valence-electron chi connectivity index (χ0n) is 23.9. The molecule has 7 nitrogen and oxygen atoms in total. The third-order valence-corrected chi connectivity index (χ3v) is 7.96. The molecule has 0 aromatic heterocycles. The third-order valence-electron chi connectivity index (χ3n) is 7.47. The van der Waals surface area contributed by atoms with E-state index in [0.29, 0.717) is 29.2 Å². The first-order valence-corrected chi connectivity index (χ1v) is 15.4. The highest BCUT2D eigenvalue weighted by atomic mass is 79.9. The summed E-state index contributed by atoms with van der Waals surface area (Å²) in [5.41, 5.74) is 2.85. The summed E-state index contributed by atoms with van der Waals surface area (Å²) in [5.74, 6) is 0.504. The largest absolute Gasteiger partial charge is 0.491 e. The fourth-order valence-corrected chi connectivity index (χ4v) is 5.60. The summed E-state index contributed by atoms with van der Waals surface area (Å²) >= 11 is 3.46. The van der Waals surface area contributed by atoms with Gasteiger partial charge in [-0.1, -0.05) is 83.0 Å². The molecule has 1 amide bonds. The van der Waals surface area contributed by atoms with E-state index in [4.69, 9.17) is 9.47 Å². The molecule has 1 saturated heterocycles.